The van der Waals surface area contributed by atoms with Crippen molar-refractivity contribution in [2.24, 2.45) is 29.6 Å². The fraction of sp³-hybridized carbons (Fsp3) is 0.939. The van der Waals surface area contributed by atoms with E-state index in [2.05, 4.69) is 0 Å². The zero-order chi connectivity index (χ0) is 80.2. The van der Waals surface area contributed by atoms with Crippen LogP contribution in [0.4, 0.5) is 0 Å². The van der Waals surface area contributed by atoms with Crippen molar-refractivity contribution in [1.82, 2.24) is 0 Å². The van der Waals surface area contributed by atoms with Crippen molar-refractivity contribution >= 4 is 234 Å². The van der Waals surface area contributed by atoms with Crippen molar-refractivity contribution in [3.05, 3.63) is 26.4 Å². The number of hydrogen-bond donors (Lipinski definition) is 8. The number of rotatable bonds is 35. The Morgan fingerprint density at radius 3 is 0.787 bits per heavy atom. The average molecular weight is 2160 g/mol. The Hall–Kier alpha value is 6.32. The molecule has 0 amide bonds. The Morgan fingerprint density at radius 2 is 0.556 bits per heavy atom. The molecule has 42 heteroatoms. The predicted molar refractivity (Wildman–Crippen MR) is 413 cm³/mol. The largest absolute Gasteiger partial charge is 2.00 e. The number of aliphatic hydroxyl groups excluding tert-OH is 8. The van der Waals surface area contributed by atoms with E-state index in [0.717, 1.165) is 19.8 Å². The van der Waals surface area contributed by atoms with E-state index in [1.807, 2.05) is 76.2 Å². The molecule has 5 aliphatic rings. The molecule has 5 fully saturated rings. The van der Waals surface area contributed by atoms with Gasteiger partial charge in [-0.1, -0.05) is 69.2 Å². The van der Waals surface area contributed by atoms with E-state index in [-0.39, 0.29) is 256 Å². The molecule has 0 aromatic carbocycles. The predicted octanol–water partition coefficient (Wildman–Crippen LogP) is 8.87. The summed E-state index contributed by atoms with van der Waals surface area (Å²) in [6.07, 6.45) is -19.3. The minimum atomic E-state index is -3.41. The average Bonchev–Trinajstić information content (AvgIpc) is 0.768. The van der Waals surface area contributed by atoms with Crippen LogP contribution in [0.25, 0.3) is 0 Å². The minimum Gasteiger partial charge on any atom is -1.00 e. The van der Waals surface area contributed by atoms with Crippen molar-refractivity contribution in [1.29, 1.82) is 0 Å². The van der Waals surface area contributed by atoms with Crippen LogP contribution < -0.4 is 0 Å². The van der Waals surface area contributed by atoms with Crippen molar-refractivity contribution in [3.8, 4) is 0 Å². The maximum absolute atomic E-state index is 12.3. The Kier molecular flexibility index (Phi) is 67.0. The third-order valence-corrected chi connectivity index (χ3v) is 20.4. The monoisotopic (exact) mass is 2160 g/mol. The second-order valence-corrected chi connectivity index (χ2v) is 39.4. The molecule has 5 aliphatic heterocycles. The van der Waals surface area contributed by atoms with Gasteiger partial charge in [-0.05, 0) is 124 Å². The molecule has 0 bridgehead atoms. The van der Waals surface area contributed by atoms with Gasteiger partial charge >= 0.3 is 234 Å². The summed E-state index contributed by atoms with van der Waals surface area (Å²) in [5.41, 5.74) is 0. The number of aliphatic hydroxyl groups is 8. The van der Waals surface area contributed by atoms with Crippen LogP contribution in [0.5, 0.6) is 0 Å². The van der Waals surface area contributed by atoms with Gasteiger partial charge in [0.05, 0.1) is 100 Å². The third-order valence-electron chi connectivity index (χ3n) is 13.3. The third kappa shape index (κ3) is 52.8. The Morgan fingerprint density at radius 1 is 0.343 bits per heavy atom. The molecule has 0 aliphatic carbocycles. The zero-order valence-corrected chi connectivity index (χ0v) is 91.1. The van der Waals surface area contributed by atoms with Gasteiger partial charge in [-0.3, -0.25) is 45.4 Å². The van der Waals surface area contributed by atoms with Crippen LogP contribution in [0.3, 0.4) is 0 Å². The van der Waals surface area contributed by atoms with Crippen LogP contribution in [0.1, 0.15) is 164 Å². The summed E-state index contributed by atoms with van der Waals surface area (Å²) in [6, 6.07) is 0. The van der Waals surface area contributed by atoms with Crippen molar-refractivity contribution in [2.45, 2.75) is 306 Å². The number of ether oxygens (including phenoxy) is 10. The van der Waals surface area contributed by atoms with Crippen LogP contribution in [-0.4, -0.2) is 450 Å². The molecule has 0 saturated carbocycles. The first-order valence-corrected chi connectivity index (χ1v) is 45.5. The second-order valence-electron chi connectivity index (χ2n) is 29.6. The minimum absolute atomic E-state index is 0. The molecule has 0 radical (unpaired) electrons. The van der Waals surface area contributed by atoms with E-state index in [1.54, 1.807) is 69.2 Å². The molecule has 33 nitrogen and oxygen atoms in total. The van der Waals surface area contributed by atoms with Crippen LogP contribution >= 0.6 is 38.0 Å². The summed E-state index contributed by atoms with van der Waals surface area (Å²) in [4.78, 5) is 0. The van der Waals surface area contributed by atoms with Gasteiger partial charge in [-0.15, -0.1) is 6.42 Å². The maximum Gasteiger partial charge on any atom is 2.00 e. The van der Waals surface area contributed by atoms with Crippen LogP contribution in [0.15, 0.2) is 0 Å². The van der Waals surface area contributed by atoms with Gasteiger partial charge in [0.2, 0.25) is 0 Å². The smallest absolute Gasteiger partial charge is 1.00 e. The Labute approximate surface area is 812 Å². The van der Waals surface area contributed by atoms with E-state index in [4.69, 9.17) is 92.6 Å². The summed E-state index contributed by atoms with van der Waals surface area (Å²) < 4.78 is 169. The van der Waals surface area contributed by atoms with Gasteiger partial charge in [0.15, 0.2) is 31.5 Å². The molecule has 0 spiro atoms. The summed E-state index contributed by atoms with van der Waals surface area (Å²) >= 11 is 0. The molecule has 5 heterocycles. The first kappa shape index (κ1) is 121. The van der Waals surface area contributed by atoms with Crippen molar-refractivity contribution in [3.63, 3.8) is 0 Å². The SMILES string of the molecule is CC(C)COC1OC(C)CC(O)C1OP(C)(=O)OC(C)C.CC(C)COC1O[CH-]C(O)C(O)C1OP(C)(=O)OC(C)C.CC(C)COC1O[CH-]C(O)C(O)C1OP(C)(=O)OC(C)C.CC(C)COC1O[CH-]C(O)C(O)C1OP(C)(=O)OC(C)C.CC(C)COC1O[CH-]CC(O)C1OP(C)(=O)OC(C)C.[Ba+2].[Ba+2].[Ba+2].[Ba+2].[H-].[H-].[H-].[H-]. The summed E-state index contributed by atoms with van der Waals surface area (Å²) in [6.45, 7) is 52.6. The molecule has 24 unspecified atom stereocenters. The van der Waals surface area contributed by atoms with Gasteiger partial charge in [0, 0.05) is 39.7 Å². The van der Waals surface area contributed by atoms with E-state index >= 15 is 0 Å². The molecular formula is C66H137Ba4O33P5. The topological polar surface area (TPSA) is 432 Å². The molecule has 5 rings (SSSR count). The van der Waals surface area contributed by atoms with E-state index < -0.39 is 149 Å². The van der Waals surface area contributed by atoms with Crippen LogP contribution in [0.2, 0.25) is 0 Å². The maximum atomic E-state index is 12.3. The van der Waals surface area contributed by atoms with Gasteiger partial charge in [0.1, 0.15) is 30.5 Å². The second kappa shape index (κ2) is 60.0. The molecule has 24 atom stereocenters. The van der Waals surface area contributed by atoms with Crippen LogP contribution in [0, 0.1) is 56.0 Å². The normalized spacial score (nSPS) is 31.6. The Balaban J connectivity index is -0.000000198. The molecule has 108 heavy (non-hydrogen) atoms. The fourth-order valence-electron chi connectivity index (χ4n) is 9.50. The van der Waals surface area contributed by atoms with Gasteiger partial charge in [0.25, 0.3) is 0 Å². The summed E-state index contributed by atoms with van der Waals surface area (Å²) in [5.74, 6) is 1.39. The Bertz CT molecular complexity index is 2440. The standard InChI is InChI=1S/C14H29O6P.3C13H26O7P.C13H26O6P.4Ba.4H/c1-9(2)8-17-14-13(12(15)7-11(5)18-14)20-21(6,16)19-10(3)4;3*1-8(2)6-17-13-12(11(15)10(14)7-18-13)20-21(5,16)19-9(3)4;1-9(2)8-17-13-12(11(14)6-7-16-13)19-20(5,15)18-10(3)4;;;;;;;;/h9-15H,7-8H2,1-6H3;3*7-15H,6H2,1-5H3;7,9-14H,6,8H2,1-5H3;;;;;;;;/q;4*-1;4*+2;4*-1. The van der Waals surface area contributed by atoms with Crippen LogP contribution in [-0.2, 0) is 115 Å². The summed E-state index contributed by atoms with van der Waals surface area (Å²) in [5, 5.41) is 79.2. The van der Waals surface area contributed by atoms with Crippen molar-refractivity contribution < 1.29 is 162 Å². The van der Waals surface area contributed by atoms with Crippen molar-refractivity contribution in [2.75, 3.05) is 66.4 Å². The van der Waals surface area contributed by atoms with Gasteiger partial charge in [-0.25, -0.2) is 6.61 Å². The fourth-order valence-corrected chi connectivity index (χ4v) is 16.9. The van der Waals surface area contributed by atoms with E-state index in [0.29, 0.717) is 57.7 Å². The molecule has 632 valence electrons. The molecular weight excluding hydrogens is 2020 g/mol. The van der Waals surface area contributed by atoms with E-state index in [9.17, 15) is 63.7 Å². The summed E-state index contributed by atoms with van der Waals surface area (Å²) in [7, 11) is -16.8. The first-order valence-electron chi connectivity index (χ1n) is 35.5. The molecule has 0 aromatic heterocycles. The molecule has 5 saturated heterocycles. The zero-order valence-electron chi connectivity index (χ0n) is 72.9. The number of hydrogen-bond acceptors (Lipinski definition) is 33. The molecule has 0 aromatic rings. The molecule has 8 N–H and O–H groups in total. The van der Waals surface area contributed by atoms with Gasteiger partial charge < -0.3 is 117 Å². The quantitative estimate of drug-likeness (QED) is 0.0167. The van der Waals surface area contributed by atoms with E-state index in [1.165, 1.54) is 39.9 Å². The first-order chi connectivity index (χ1) is 47.7. The van der Waals surface area contributed by atoms with Gasteiger partial charge in [-0.2, -0.15) is 19.8 Å².